The molecule has 2 rings (SSSR count). The maximum atomic E-state index is 14.5. The minimum Gasteiger partial charge on any atom is -0.382 e. The molecule has 10 atom stereocenters. The molecule has 0 aromatic carbocycles. The van der Waals surface area contributed by atoms with E-state index in [-0.39, 0.29) is 13.2 Å². The highest BCUT2D eigenvalue weighted by atomic mass is 19.1. The van der Waals surface area contributed by atoms with Crippen molar-refractivity contribution in [2.45, 2.75) is 61.5 Å². The molecule has 2 saturated heterocycles. The molecule has 0 bridgehead atoms. The summed E-state index contributed by atoms with van der Waals surface area (Å²) in [6, 6.07) is 0. The smallest absolute Gasteiger partial charge is 0.228 e. The predicted octanol–water partition coefficient (Wildman–Crippen LogP) is 0.159. The van der Waals surface area contributed by atoms with Gasteiger partial charge < -0.3 is 47.4 Å². The standard InChI is InChI=1S/C19H35FO10/c1-21-8-10-12(22-2)15(25-5)17(27-7)19(30-10)28-9-11-13(23-3)14(24-4)16(26-6)18(20)29-11/h10-19H,8-9H2,1-7H3/t10-,11-,12-,13-,14+,15+,16+,17+,18+,19-/m1/s1. The van der Waals surface area contributed by atoms with Crippen molar-refractivity contribution in [2.24, 2.45) is 0 Å². The van der Waals surface area contributed by atoms with Crippen LogP contribution in [0.3, 0.4) is 0 Å². The van der Waals surface area contributed by atoms with E-state index in [4.69, 9.17) is 47.4 Å². The van der Waals surface area contributed by atoms with Crippen molar-refractivity contribution in [1.82, 2.24) is 0 Å². The van der Waals surface area contributed by atoms with Gasteiger partial charge in [0, 0.05) is 49.8 Å². The number of ether oxygens (including phenoxy) is 10. The molecule has 2 fully saturated rings. The lowest BCUT2D eigenvalue weighted by Gasteiger charge is -2.46. The quantitative estimate of drug-likeness (QED) is 0.441. The van der Waals surface area contributed by atoms with Crippen LogP contribution in [0.2, 0.25) is 0 Å². The lowest BCUT2D eigenvalue weighted by Crippen LogP contribution is -2.62. The van der Waals surface area contributed by atoms with Gasteiger partial charge in [-0.1, -0.05) is 0 Å². The number of methoxy groups -OCH3 is 7. The third-order valence-corrected chi connectivity index (χ3v) is 5.56. The van der Waals surface area contributed by atoms with E-state index in [0.29, 0.717) is 0 Å². The summed E-state index contributed by atoms with van der Waals surface area (Å²) < 4.78 is 70.0. The van der Waals surface area contributed by atoms with Crippen LogP contribution in [0.15, 0.2) is 0 Å². The average molecular weight is 442 g/mol. The van der Waals surface area contributed by atoms with Crippen LogP contribution >= 0.6 is 0 Å². The van der Waals surface area contributed by atoms with Crippen molar-refractivity contribution >= 4 is 0 Å². The molecule has 0 aliphatic carbocycles. The molecule has 0 saturated carbocycles. The van der Waals surface area contributed by atoms with Crippen LogP contribution in [-0.4, -0.2) is 124 Å². The number of hydrogen-bond acceptors (Lipinski definition) is 10. The maximum Gasteiger partial charge on any atom is 0.228 e. The predicted molar refractivity (Wildman–Crippen MR) is 101 cm³/mol. The van der Waals surface area contributed by atoms with Crippen molar-refractivity contribution in [3.63, 3.8) is 0 Å². The van der Waals surface area contributed by atoms with Crippen LogP contribution < -0.4 is 0 Å². The Bertz CT molecular complexity index is 486. The number of rotatable bonds is 11. The molecule has 0 aromatic heterocycles. The number of alkyl halides is 1. The van der Waals surface area contributed by atoms with E-state index in [2.05, 4.69) is 0 Å². The van der Waals surface area contributed by atoms with Crippen LogP contribution in [0.4, 0.5) is 4.39 Å². The summed E-state index contributed by atoms with van der Waals surface area (Å²) in [6.07, 6.45) is -7.43. The van der Waals surface area contributed by atoms with Crippen molar-refractivity contribution in [3.05, 3.63) is 0 Å². The Hall–Kier alpha value is -0.470. The van der Waals surface area contributed by atoms with Gasteiger partial charge in [-0.15, -0.1) is 0 Å². The molecule has 30 heavy (non-hydrogen) atoms. The van der Waals surface area contributed by atoms with E-state index in [9.17, 15) is 4.39 Å². The zero-order valence-electron chi connectivity index (χ0n) is 18.6. The van der Waals surface area contributed by atoms with Crippen molar-refractivity contribution < 1.29 is 51.8 Å². The van der Waals surface area contributed by atoms with Crippen LogP contribution in [0.5, 0.6) is 0 Å². The molecular formula is C19H35FO10. The first-order valence-electron chi connectivity index (χ1n) is 9.73. The molecule has 0 radical (unpaired) electrons. The number of halogens is 1. The van der Waals surface area contributed by atoms with Gasteiger partial charge in [0.1, 0.15) is 48.8 Å². The first-order valence-corrected chi connectivity index (χ1v) is 9.73. The number of hydrogen-bond donors (Lipinski definition) is 0. The molecule has 0 spiro atoms. The minimum absolute atomic E-state index is 0.0342. The van der Waals surface area contributed by atoms with Crippen LogP contribution in [-0.2, 0) is 47.4 Å². The van der Waals surface area contributed by atoms with E-state index in [1.54, 1.807) is 21.3 Å². The van der Waals surface area contributed by atoms with Gasteiger partial charge in [-0.2, -0.15) is 0 Å². The van der Waals surface area contributed by atoms with E-state index >= 15 is 0 Å². The van der Waals surface area contributed by atoms with Gasteiger partial charge in [0.15, 0.2) is 6.29 Å². The Balaban J connectivity index is 2.12. The highest BCUT2D eigenvalue weighted by Crippen LogP contribution is 2.31. The summed E-state index contributed by atoms with van der Waals surface area (Å²) in [4.78, 5) is 0. The molecule has 10 nitrogen and oxygen atoms in total. The fraction of sp³-hybridized carbons (Fsp3) is 1.00. The van der Waals surface area contributed by atoms with Gasteiger partial charge in [0.25, 0.3) is 0 Å². The maximum absolute atomic E-state index is 14.5. The summed E-state index contributed by atoms with van der Waals surface area (Å²) >= 11 is 0. The molecule has 178 valence electrons. The van der Waals surface area contributed by atoms with Crippen molar-refractivity contribution in [2.75, 3.05) is 63.0 Å². The first kappa shape index (κ1) is 25.8. The Morgan fingerprint density at radius 3 is 1.50 bits per heavy atom. The van der Waals surface area contributed by atoms with Gasteiger partial charge >= 0.3 is 0 Å². The second-order valence-corrected chi connectivity index (χ2v) is 7.06. The van der Waals surface area contributed by atoms with E-state index in [0.717, 1.165) is 0 Å². The van der Waals surface area contributed by atoms with E-state index < -0.39 is 61.5 Å². The molecular weight excluding hydrogens is 407 g/mol. The topological polar surface area (TPSA) is 92.3 Å². The SMILES string of the molecule is COC[C@H]1O[C@@H](OC[C@H]2O[C@H](F)[C@@H](OC)[C@@H](OC)[C@@H]2OC)[C@@H](OC)[C@@H](OC)[C@@H]1OC. The van der Waals surface area contributed by atoms with Crippen LogP contribution in [0.1, 0.15) is 0 Å². The molecule has 0 amide bonds. The second-order valence-electron chi connectivity index (χ2n) is 7.06. The fourth-order valence-corrected chi connectivity index (χ4v) is 4.10. The van der Waals surface area contributed by atoms with E-state index in [1.165, 1.54) is 28.4 Å². The lowest BCUT2D eigenvalue weighted by molar-refractivity contribution is -0.330. The summed E-state index contributed by atoms with van der Waals surface area (Å²) in [7, 11) is 10.6. The van der Waals surface area contributed by atoms with Gasteiger partial charge in [-0.25, -0.2) is 4.39 Å². The highest BCUT2D eigenvalue weighted by molar-refractivity contribution is 4.94. The zero-order valence-corrected chi connectivity index (χ0v) is 18.6. The lowest BCUT2D eigenvalue weighted by atomic mass is 9.97. The molecule has 2 heterocycles. The third-order valence-electron chi connectivity index (χ3n) is 5.56. The van der Waals surface area contributed by atoms with Gasteiger partial charge in [0.05, 0.1) is 13.2 Å². The van der Waals surface area contributed by atoms with Gasteiger partial charge in [0.2, 0.25) is 6.36 Å². The zero-order chi connectivity index (χ0) is 22.3. The fourth-order valence-electron chi connectivity index (χ4n) is 4.10. The summed E-state index contributed by atoms with van der Waals surface area (Å²) in [5.41, 5.74) is 0. The Labute approximate surface area is 177 Å². The highest BCUT2D eigenvalue weighted by Gasteiger charge is 2.50. The summed E-state index contributed by atoms with van der Waals surface area (Å²) in [6.45, 7) is 0.233. The first-order chi connectivity index (χ1) is 14.5. The molecule has 11 heteroatoms. The normalized spacial score (nSPS) is 42.4. The second kappa shape index (κ2) is 12.5. The van der Waals surface area contributed by atoms with Crippen LogP contribution in [0.25, 0.3) is 0 Å². The molecule has 0 N–H and O–H groups in total. The van der Waals surface area contributed by atoms with Crippen molar-refractivity contribution in [1.29, 1.82) is 0 Å². The average Bonchev–Trinajstić information content (AvgIpc) is 2.76. The molecule has 2 aliphatic rings. The van der Waals surface area contributed by atoms with Gasteiger partial charge in [-0.05, 0) is 0 Å². The summed E-state index contributed by atoms with van der Waals surface area (Å²) in [5.74, 6) is 0. The Morgan fingerprint density at radius 1 is 0.567 bits per heavy atom. The van der Waals surface area contributed by atoms with Crippen LogP contribution in [0, 0.1) is 0 Å². The van der Waals surface area contributed by atoms with Crippen molar-refractivity contribution in [3.8, 4) is 0 Å². The molecule has 0 unspecified atom stereocenters. The largest absolute Gasteiger partial charge is 0.382 e. The minimum atomic E-state index is -1.70. The summed E-state index contributed by atoms with van der Waals surface area (Å²) in [5, 5.41) is 0. The van der Waals surface area contributed by atoms with E-state index in [1.807, 2.05) is 0 Å². The monoisotopic (exact) mass is 442 g/mol. The molecule has 0 aromatic rings. The Morgan fingerprint density at radius 2 is 1.03 bits per heavy atom. The van der Waals surface area contributed by atoms with Gasteiger partial charge in [-0.3, -0.25) is 0 Å². The molecule has 2 aliphatic heterocycles. The third kappa shape index (κ3) is 5.47. The Kier molecular flexibility index (Phi) is 10.8.